The van der Waals surface area contributed by atoms with E-state index in [0.717, 1.165) is 50.8 Å². The van der Waals surface area contributed by atoms with Gasteiger partial charge < -0.3 is 15.2 Å². The summed E-state index contributed by atoms with van der Waals surface area (Å²) in [6.07, 6.45) is -1.16. The van der Waals surface area contributed by atoms with Crippen LogP contribution in [0, 0.1) is 10.1 Å². The number of carbonyl (C=O) groups excluding carboxylic acids is 1. The van der Waals surface area contributed by atoms with Gasteiger partial charge in [-0.25, -0.2) is 22.3 Å². The van der Waals surface area contributed by atoms with Crippen molar-refractivity contribution in [3.8, 4) is 11.1 Å². The molecule has 198 valence electrons. The molecule has 1 amide bonds. The van der Waals surface area contributed by atoms with Crippen LogP contribution in [0.15, 0.2) is 77.7 Å². The second kappa shape index (κ2) is 11.0. The fraction of sp³-hybridized carbons (Fsp3) is 0.231. The lowest BCUT2D eigenvalue weighted by Crippen LogP contribution is -2.43. The molecule has 0 aromatic heterocycles. The number of aliphatic carboxylic acids is 1. The lowest BCUT2D eigenvalue weighted by molar-refractivity contribution is -0.384. The van der Waals surface area contributed by atoms with Gasteiger partial charge in [-0.1, -0.05) is 48.5 Å². The van der Waals surface area contributed by atoms with Gasteiger partial charge in [0.1, 0.15) is 12.6 Å². The maximum atomic E-state index is 12.8. The van der Waals surface area contributed by atoms with Gasteiger partial charge in [-0.2, -0.15) is 0 Å². The zero-order valence-corrected chi connectivity index (χ0v) is 21.1. The van der Waals surface area contributed by atoms with Crippen molar-refractivity contribution in [3.63, 3.8) is 0 Å². The second-order valence-electron chi connectivity index (χ2n) is 8.73. The number of nitro groups is 1. The molecule has 38 heavy (non-hydrogen) atoms. The number of hydrogen-bond acceptors (Lipinski definition) is 7. The van der Waals surface area contributed by atoms with Gasteiger partial charge in [-0.15, -0.1) is 0 Å². The summed E-state index contributed by atoms with van der Waals surface area (Å²) in [5.74, 6) is -1.55. The molecule has 0 spiro atoms. The molecule has 3 aromatic carbocycles. The van der Waals surface area contributed by atoms with Crippen molar-refractivity contribution in [2.45, 2.75) is 23.3 Å². The molecule has 0 fully saturated rings. The Balaban J connectivity index is 1.36. The zero-order valence-electron chi connectivity index (χ0n) is 20.3. The van der Waals surface area contributed by atoms with E-state index in [-0.39, 0.29) is 36.1 Å². The summed E-state index contributed by atoms with van der Waals surface area (Å²) >= 11 is 0. The Hall–Kier alpha value is -4.29. The van der Waals surface area contributed by atoms with Crippen molar-refractivity contribution in [2.24, 2.45) is 0 Å². The SMILES string of the molecule is CN(CC[C@H](NC(=O)OCC1c2ccccc2-c2ccccc21)C(=O)O)S(=O)(=O)c1ccc([N+](=O)[O-])cc1. The number of rotatable bonds is 10. The Labute approximate surface area is 218 Å². The average Bonchev–Trinajstić information content (AvgIpc) is 3.23. The van der Waals surface area contributed by atoms with Crippen LogP contribution in [0.1, 0.15) is 23.5 Å². The van der Waals surface area contributed by atoms with Crippen LogP contribution >= 0.6 is 0 Å². The lowest BCUT2D eigenvalue weighted by Gasteiger charge is -2.21. The minimum absolute atomic E-state index is 0.000620. The quantitative estimate of drug-likeness (QED) is 0.292. The summed E-state index contributed by atoms with van der Waals surface area (Å²) in [7, 11) is -2.78. The molecule has 0 saturated carbocycles. The van der Waals surface area contributed by atoms with Crippen molar-refractivity contribution >= 4 is 27.8 Å². The third-order valence-corrected chi connectivity index (χ3v) is 8.29. The highest BCUT2D eigenvalue weighted by Gasteiger charge is 2.30. The lowest BCUT2D eigenvalue weighted by atomic mass is 9.98. The van der Waals surface area contributed by atoms with Crippen molar-refractivity contribution in [1.29, 1.82) is 0 Å². The number of alkyl carbamates (subject to hydrolysis) is 1. The van der Waals surface area contributed by atoms with Crippen LogP contribution in [0.4, 0.5) is 10.5 Å². The molecule has 2 N–H and O–H groups in total. The van der Waals surface area contributed by atoms with Crippen LogP contribution in [0.25, 0.3) is 11.1 Å². The third kappa shape index (κ3) is 5.50. The number of carboxylic acid groups (broad SMARTS) is 1. The number of fused-ring (bicyclic) bond motifs is 3. The zero-order chi connectivity index (χ0) is 27.4. The van der Waals surface area contributed by atoms with Crippen LogP contribution < -0.4 is 5.32 Å². The van der Waals surface area contributed by atoms with Crippen molar-refractivity contribution < 1.29 is 32.8 Å². The van der Waals surface area contributed by atoms with E-state index in [1.807, 2.05) is 48.5 Å². The molecule has 0 saturated heterocycles. The van der Waals surface area contributed by atoms with Crippen LogP contribution in [-0.4, -0.2) is 61.1 Å². The van der Waals surface area contributed by atoms with E-state index in [4.69, 9.17) is 4.74 Å². The topological polar surface area (TPSA) is 156 Å². The second-order valence-corrected chi connectivity index (χ2v) is 10.8. The standard InChI is InChI=1S/C26H25N3O8S/c1-28(38(35,36)18-12-10-17(11-13-18)29(33)34)15-14-24(25(30)31)27-26(32)37-16-23-21-8-4-2-6-19(21)20-7-3-5-9-22(20)23/h2-13,23-24H,14-16H2,1H3,(H,27,32)(H,30,31)/t24-/m0/s1. The highest BCUT2D eigenvalue weighted by molar-refractivity contribution is 7.89. The minimum atomic E-state index is -4.04. The maximum absolute atomic E-state index is 12.8. The van der Waals surface area contributed by atoms with Crippen LogP contribution in [0.5, 0.6) is 0 Å². The molecule has 0 aliphatic heterocycles. The summed E-state index contributed by atoms with van der Waals surface area (Å²) in [6.45, 7) is -0.236. The molecule has 11 nitrogen and oxygen atoms in total. The fourth-order valence-electron chi connectivity index (χ4n) is 4.39. The predicted molar refractivity (Wildman–Crippen MR) is 137 cm³/mol. The number of non-ortho nitro benzene ring substituents is 1. The molecule has 1 aliphatic carbocycles. The number of benzene rings is 3. The molecule has 0 bridgehead atoms. The highest BCUT2D eigenvalue weighted by Crippen LogP contribution is 2.44. The van der Waals surface area contributed by atoms with Gasteiger partial charge in [0.2, 0.25) is 10.0 Å². The number of carbonyl (C=O) groups is 2. The Bertz CT molecular complexity index is 1430. The molecule has 0 unspecified atom stereocenters. The molecule has 0 heterocycles. The van der Waals surface area contributed by atoms with Gasteiger partial charge in [-0.3, -0.25) is 10.1 Å². The predicted octanol–water partition coefficient (Wildman–Crippen LogP) is 3.60. The summed E-state index contributed by atoms with van der Waals surface area (Å²) < 4.78 is 31.8. The largest absolute Gasteiger partial charge is 0.480 e. The van der Waals surface area contributed by atoms with E-state index >= 15 is 0 Å². The first-order chi connectivity index (χ1) is 18.1. The number of nitrogens with one attached hydrogen (secondary N) is 1. The Morgan fingerprint density at radius 3 is 2.11 bits per heavy atom. The smallest absolute Gasteiger partial charge is 0.407 e. The summed E-state index contributed by atoms with van der Waals surface area (Å²) in [6, 6.07) is 18.5. The molecule has 3 aromatic rings. The van der Waals surface area contributed by atoms with E-state index in [9.17, 15) is 33.2 Å². The van der Waals surface area contributed by atoms with Crippen LogP contribution in [0.2, 0.25) is 0 Å². The maximum Gasteiger partial charge on any atom is 0.407 e. The average molecular weight is 540 g/mol. The first-order valence-electron chi connectivity index (χ1n) is 11.6. The molecule has 0 radical (unpaired) electrons. The Kier molecular flexibility index (Phi) is 7.74. The Morgan fingerprint density at radius 2 is 1.58 bits per heavy atom. The molecule has 12 heteroatoms. The van der Waals surface area contributed by atoms with E-state index in [1.165, 1.54) is 7.05 Å². The first-order valence-corrected chi connectivity index (χ1v) is 13.1. The van der Waals surface area contributed by atoms with E-state index < -0.39 is 33.1 Å². The van der Waals surface area contributed by atoms with E-state index in [0.29, 0.717) is 0 Å². The number of amides is 1. The van der Waals surface area contributed by atoms with Crippen LogP contribution in [-0.2, 0) is 19.6 Å². The molecule has 4 rings (SSSR count). The number of carboxylic acids is 1. The molecule has 1 atom stereocenters. The number of hydrogen-bond donors (Lipinski definition) is 2. The van der Waals surface area contributed by atoms with Crippen molar-refractivity contribution in [3.05, 3.63) is 94.0 Å². The number of sulfonamides is 1. The number of nitrogens with zero attached hydrogens (tertiary/aromatic N) is 2. The third-order valence-electron chi connectivity index (χ3n) is 6.42. The van der Waals surface area contributed by atoms with E-state index in [1.54, 1.807) is 0 Å². The van der Waals surface area contributed by atoms with Gasteiger partial charge in [0.25, 0.3) is 5.69 Å². The normalized spacial score (nSPS) is 13.4. The monoisotopic (exact) mass is 539 g/mol. The molecule has 1 aliphatic rings. The summed E-state index contributed by atoms with van der Waals surface area (Å²) in [5, 5.41) is 22.7. The first kappa shape index (κ1) is 26.8. The van der Waals surface area contributed by atoms with E-state index in [2.05, 4.69) is 5.32 Å². The van der Waals surface area contributed by atoms with Gasteiger partial charge >= 0.3 is 12.1 Å². The summed E-state index contributed by atoms with van der Waals surface area (Å²) in [4.78, 5) is 34.2. The highest BCUT2D eigenvalue weighted by atomic mass is 32.2. The van der Waals surface area contributed by atoms with Gasteiger partial charge in [0, 0.05) is 31.6 Å². The van der Waals surface area contributed by atoms with Crippen molar-refractivity contribution in [2.75, 3.05) is 20.2 Å². The van der Waals surface area contributed by atoms with Gasteiger partial charge in [0.15, 0.2) is 0 Å². The molecular weight excluding hydrogens is 514 g/mol. The van der Waals surface area contributed by atoms with Crippen molar-refractivity contribution in [1.82, 2.24) is 9.62 Å². The summed E-state index contributed by atoms with van der Waals surface area (Å²) in [5.41, 5.74) is 3.86. The van der Waals surface area contributed by atoms with Gasteiger partial charge in [-0.05, 0) is 40.8 Å². The number of nitro benzene ring substituents is 1. The Morgan fingerprint density at radius 1 is 1.03 bits per heavy atom. The van der Waals surface area contributed by atoms with Crippen LogP contribution in [0.3, 0.4) is 0 Å². The minimum Gasteiger partial charge on any atom is -0.480 e. The van der Waals surface area contributed by atoms with Gasteiger partial charge in [0.05, 0.1) is 9.82 Å². The number of ether oxygens (including phenoxy) is 1. The molecular formula is C26H25N3O8S. The fourth-order valence-corrected chi connectivity index (χ4v) is 5.58.